The maximum Gasteiger partial charge on any atom is 0.410 e. The lowest BCUT2D eigenvalue weighted by Crippen LogP contribution is -2.39. The van der Waals surface area contributed by atoms with Gasteiger partial charge in [-0.25, -0.2) is 9.59 Å². The van der Waals surface area contributed by atoms with Gasteiger partial charge in [0.1, 0.15) is 21.5 Å². The number of ether oxygens (including phenoxy) is 2. The molecule has 3 heterocycles. The number of rotatable bonds is 11. The maximum atomic E-state index is 14.3. The summed E-state index contributed by atoms with van der Waals surface area (Å²) in [5, 5.41) is 12.0. The van der Waals surface area contributed by atoms with E-state index in [4.69, 9.17) is 9.47 Å². The zero-order valence-corrected chi connectivity index (χ0v) is 33.6. The Kier molecular flexibility index (Phi) is 12.7. The van der Waals surface area contributed by atoms with Crippen LogP contribution in [0.1, 0.15) is 68.3 Å². The van der Waals surface area contributed by atoms with Crippen LogP contribution in [-0.4, -0.2) is 53.9 Å². The van der Waals surface area contributed by atoms with E-state index in [1.807, 2.05) is 53.2 Å². The second-order valence-corrected chi connectivity index (χ2v) is 16.7. The van der Waals surface area contributed by atoms with E-state index in [0.717, 1.165) is 16.0 Å². The van der Waals surface area contributed by atoms with E-state index in [1.54, 1.807) is 80.3 Å². The van der Waals surface area contributed by atoms with Crippen LogP contribution < -0.4 is 16.0 Å². The number of thiophene rings is 2. The van der Waals surface area contributed by atoms with Crippen LogP contribution in [0.15, 0.2) is 112 Å². The average Bonchev–Trinajstić information content (AvgIpc) is 3.83. The van der Waals surface area contributed by atoms with Crippen molar-refractivity contribution in [3.8, 4) is 0 Å². The molecule has 1 unspecified atom stereocenters. The van der Waals surface area contributed by atoms with Crippen molar-refractivity contribution in [2.45, 2.75) is 49.5 Å². The topological polar surface area (TPSA) is 143 Å². The fourth-order valence-corrected chi connectivity index (χ4v) is 8.77. The highest BCUT2D eigenvalue weighted by molar-refractivity contribution is 8.00. The van der Waals surface area contributed by atoms with Crippen molar-refractivity contribution >= 4 is 81.0 Å². The third-order valence-electron chi connectivity index (χ3n) is 8.40. The predicted molar refractivity (Wildman–Crippen MR) is 221 cm³/mol. The van der Waals surface area contributed by atoms with Gasteiger partial charge in [-0.05, 0) is 97.1 Å². The number of amides is 4. The third kappa shape index (κ3) is 10.1. The molecule has 4 amide bonds. The van der Waals surface area contributed by atoms with Crippen LogP contribution in [0.25, 0.3) is 6.08 Å². The number of carbonyl (C=O) groups excluding carboxylic acids is 5. The molecule has 0 spiro atoms. The number of benzene rings is 3. The van der Waals surface area contributed by atoms with Gasteiger partial charge in [0.15, 0.2) is 0 Å². The normalized spacial score (nSPS) is 13.2. The summed E-state index contributed by atoms with van der Waals surface area (Å²) in [6.45, 7) is 5.98. The van der Waals surface area contributed by atoms with Crippen molar-refractivity contribution in [2.75, 3.05) is 24.3 Å². The molecule has 6 rings (SSSR count). The Morgan fingerprint density at radius 1 is 0.911 bits per heavy atom. The van der Waals surface area contributed by atoms with Crippen LogP contribution >= 0.6 is 34.4 Å². The van der Waals surface area contributed by atoms with E-state index in [1.165, 1.54) is 41.5 Å². The first-order chi connectivity index (χ1) is 26.9. The molecule has 5 aromatic rings. The van der Waals surface area contributed by atoms with Gasteiger partial charge < -0.3 is 30.3 Å². The lowest BCUT2D eigenvalue weighted by molar-refractivity contribution is -0.116. The number of hydrogen-bond donors (Lipinski definition) is 3. The lowest BCUT2D eigenvalue weighted by atomic mass is 10.0. The Balaban J connectivity index is 1.23. The van der Waals surface area contributed by atoms with Gasteiger partial charge in [0.2, 0.25) is 5.91 Å². The standard InChI is InChI=1S/C42H40N4O7S3/c1-42(2,3)53-41(51)46-20-18-31-33(24-46)56-39(34(31)40(50)52-4)45-38(49)35(27-12-7-5-8-13-27)55-30-17-11-16-29(23-30)43-37(48)32(22-26-19-21-54-25-26)44-36(47)28-14-9-6-10-15-28/h5-17,19,21-23,25,35H,18,20,24H2,1-4H3,(H,43,48)(H,44,47)(H,45,49)/b32-22-. The highest BCUT2D eigenvalue weighted by Gasteiger charge is 2.34. The first-order valence-corrected chi connectivity index (χ1v) is 20.3. The molecule has 14 heteroatoms. The average molecular weight is 809 g/mol. The van der Waals surface area contributed by atoms with Crippen LogP contribution in [0.4, 0.5) is 15.5 Å². The first-order valence-electron chi connectivity index (χ1n) is 17.6. The quantitative estimate of drug-likeness (QED) is 0.0683. The fourth-order valence-electron chi connectivity index (χ4n) is 5.82. The van der Waals surface area contributed by atoms with Crippen LogP contribution in [-0.2, 0) is 32.0 Å². The monoisotopic (exact) mass is 808 g/mol. The molecule has 1 atom stereocenters. The number of carbonyl (C=O) groups is 5. The molecule has 0 bridgehead atoms. The number of anilines is 2. The van der Waals surface area contributed by atoms with E-state index in [9.17, 15) is 24.0 Å². The highest BCUT2D eigenvalue weighted by atomic mass is 32.2. The molecular weight excluding hydrogens is 769 g/mol. The Hall–Kier alpha value is -5.70. The number of nitrogens with one attached hydrogen (secondary N) is 3. The molecule has 11 nitrogen and oxygen atoms in total. The lowest BCUT2D eigenvalue weighted by Gasteiger charge is -2.30. The number of fused-ring (bicyclic) bond motifs is 1. The fraction of sp³-hybridized carbons (Fsp3) is 0.214. The van der Waals surface area contributed by atoms with Crippen molar-refractivity contribution in [3.63, 3.8) is 0 Å². The maximum absolute atomic E-state index is 14.3. The number of methoxy groups -OCH3 is 1. The molecule has 2 aromatic heterocycles. The molecule has 3 aromatic carbocycles. The summed E-state index contributed by atoms with van der Waals surface area (Å²) in [5.41, 5.74) is 2.74. The zero-order valence-electron chi connectivity index (χ0n) is 31.1. The van der Waals surface area contributed by atoms with Gasteiger partial charge in [0.05, 0.1) is 19.2 Å². The largest absolute Gasteiger partial charge is 0.465 e. The Labute approximate surface area is 337 Å². The van der Waals surface area contributed by atoms with E-state index >= 15 is 0 Å². The van der Waals surface area contributed by atoms with E-state index in [0.29, 0.717) is 39.7 Å². The summed E-state index contributed by atoms with van der Waals surface area (Å²) < 4.78 is 10.7. The summed E-state index contributed by atoms with van der Waals surface area (Å²) in [6, 6.07) is 26.8. The van der Waals surface area contributed by atoms with E-state index in [2.05, 4.69) is 16.0 Å². The highest BCUT2D eigenvalue weighted by Crippen LogP contribution is 2.41. The van der Waals surface area contributed by atoms with E-state index in [-0.39, 0.29) is 23.7 Å². The van der Waals surface area contributed by atoms with Gasteiger partial charge in [0, 0.05) is 27.6 Å². The molecule has 1 aliphatic heterocycles. The predicted octanol–water partition coefficient (Wildman–Crippen LogP) is 8.77. The molecule has 0 aliphatic carbocycles. The first kappa shape index (κ1) is 40.0. The summed E-state index contributed by atoms with van der Waals surface area (Å²) in [5.74, 6) is -1.91. The molecule has 56 heavy (non-hydrogen) atoms. The van der Waals surface area contributed by atoms with Crippen molar-refractivity contribution < 1.29 is 33.4 Å². The minimum atomic E-state index is -0.774. The van der Waals surface area contributed by atoms with Crippen molar-refractivity contribution in [1.82, 2.24) is 10.2 Å². The molecule has 0 saturated carbocycles. The number of hydrogen-bond acceptors (Lipinski definition) is 10. The SMILES string of the molecule is COC(=O)c1c(NC(=O)C(Sc2cccc(NC(=O)/C(=C/c3ccsc3)NC(=O)c3ccccc3)c2)c2ccccc2)sc2c1CCN(C(=O)OC(C)(C)C)C2. The van der Waals surface area contributed by atoms with Gasteiger partial charge in [-0.2, -0.15) is 11.3 Å². The Morgan fingerprint density at radius 2 is 1.64 bits per heavy atom. The zero-order chi connectivity index (χ0) is 39.8. The Morgan fingerprint density at radius 3 is 2.32 bits per heavy atom. The van der Waals surface area contributed by atoms with E-state index < -0.39 is 34.7 Å². The smallest absolute Gasteiger partial charge is 0.410 e. The Bertz CT molecular complexity index is 2250. The molecule has 3 N–H and O–H groups in total. The molecule has 0 radical (unpaired) electrons. The number of esters is 1. The van der Waals surface area contributed by atoms with Gasteiger partial charge in [0.25, 0.3) is 11.8 Å². The van der Waals surface area contributed by atoms with Crippen LogP contribution in [0.2, 0.25) is 0 Å². The number of thioether (sulfide) groups is 1. The van der Waals surface area contributed by atoms with Crippen molar-refractivity contribution in [3.05, 3.63) is 140 Å². The van der Waals surface area contributed by atoms with Crippen molar-refractivity contribution in [1.29, 1.82) is 0 Å². The molecule has 0 fully saturated rings. The summed E-state index contributed by atoms with van der Waals surface area (Å²) in [4.78, 5) is 70.0. The molecule has 0 saturated heterocycles. The summed E-state index contributed by atoms with van der Waals surface area (Å²) in [7, 11) is 1.29. The second kappa shape index (κ2) is 17.8. The van der Waals surface area contributed by atoms with Gasteiger partial charge in [-0.15, -0.1) is 23.1 Å². The van der Waals surface area contributed by atoms with Gasteiger partial charge >= 0.3 is 12.1 Å². The second-order valence-electron chi connectivity index (χ2n) is 13.7. The third-order valence-corrected chi connectivity index (χ3v) is 11.5. The van der Waals surface area contributed by atoms with Crippen LogP contribution in [0, 0.1) is 0 Å². The van der Waals surface area contributed by atoms with Gasteiger partial charge in [-0.1, -0.05) is 54.6 Å². The molecule has 1 aliphatic rings. The molecule has 288 valence electrons. The number of nitrogens with zero attached hydrogens (tertiary/aromatic N) is 1. The minimum absolute atomic E-state index is 0.0612. The van der Waals surface area contributed by atoms with Crippen LogP contribution in [0.5, 0.6) is 0 Å². The minimum Gasteiger partial charge on any atom is -0.465 e. The summed E-state index contributed by atoms with van der Waals surface area (Å²) in [6.07, 6.45) is 1.55. The van der Waals surface area contributed by atoms with Crippen molar-refractivity contribution in [2.24, 2.45) is 0 Å². The summed E-state index contributed by atoms with van der Waals surface area (Å²) >= 11 is 3.97. The van der Waals surface area contributed by atoms with Gasteiger partial charge in [-0.3, -0.25) is 14.4 Å². The molecular formula is C42H40N4O7S3. The van der Waals surface area contributed by atoms with Crippen LogP contribution in [0.3, 0.4) is 0 Å².